The number of hydrogen-bond acceptors (Lipinski definition) is 4. The lowest BCUT2D eigenvalue weighted by molar-refractivity contribution is 0.202. The molecule has 4 heteroatoms. The average Bonchev–Trinajstić information content (AvgIpc) is 3.28. The van der Waals surface area contributed by atoms with Crippen molar-refractivity contribution < 1.29 is 10.2 Å². The average molecular weight is 749 g/mol. The highest BCUT2D eigenvalue weighted by atomic mass is 16.3. The van der Waals surface area contributed by atoms with Gasteiger partial charge in [-0.3, -0.25) is 0 Å². The molecule has 0 amide bonds. The van der Waals surface area contributed by atoms with E-state index in [-0.39, 0.29) is 23.5 Å². The Morgan fingerprint density at radius 3 is 1.95 bits per heavy atom. The van der Waals surface area contributed by atoms with Crippen LogP contribution in [0.25, 0.3) is 43.4 Å². The van der Waals surface area contributed by atoms with Crippen molar-refractivity contribution in [3.63, 3.8) is 0 Å². The number of aliphatic imine (C=N–C) groups is 2. The topological polar surface area (TPSA) is 65.2 Å². The first kappa shape index (κ1) is 34.4. The van der Waals surface area contributed by atoms with Crippen LogP contribution >= 0.6 is 0 Å². The van der Waals surface area contributed by atoms with Gasteiger partial charge in [0.05, 0.1) is 28.9 Å². The minimum atomic E-state index is -0.706. The molecular weight excluding hydrogens is 709 g/mol. The van der Waals surface area contributed by atoms with Crippen LogP contribution < -0.4 is 0 Å². The van der Waals surface area contributed by atoms with Gasteiger partial charge in [-0.15, -0.1) is 0 Å². The van der Waals surface area contributed by atoms with Crippen LogP contribution in [0.1, 0.15) is 41.4 Å². The summed E-state index contributed by atoms with van der Waals surface area (Å²) in [5.41, 5.74) is 10.5. The van der Waals surface area contributed by atoms with Crippen molar-refractivity contribution in [1.29, 1.82) is 0 Å². The van der Waals surface area contributed by atoms with Gasteiger partial charge in [0.2, 0.25) is 0 Å². The second-order valence-corrected chi connectivity index (χ2v) is 15.7. The zero-order valence-electron chi connectivity index (χ0n) is 31.8. The predicted octanol–water partition coefficient (Wildman–Crippen LogP) is 12.9. The highest BCUT2D eigenvalue weighted by molar-refractivity contribution is 6.51. The Balaban J connectivity index is 1.22. The monoisotopic (exact) mass is 748 g/mol. The Morgan fingerprint density at radius 2 is 1.16 bits per heavy atom. The van der Waals surface area contributed by atoms with Gasteiger partial charge in [-0.2, -0.15) is 0 Å². The SMILES string of the molecule is Oc1ccc2ccccc2c1-c1c(N=C2C(=Nc3ccc4ccccc4c3C3C4=CCCC=C4C=C[C@H]3O)c3ccccc3C3C=CC=CC23)ccc2ccccc12. The number of rotatable bonds is 4. The molecule has 4 aliphatic carbocycles. The molecule has 3 unspecified atom stereocenters. The third-order valence-corrected chi connectivity index (χ3v) is 12.4. The molecule has 0 aliphatic heterocycles. The summed E-state index contributed by atoms with van der Waals surface area (Å²) in [7, 11) is 0. The summed E-state index contributed by atoms with van der Waals surface area (Å²) in [6.45, 7) is 0. The number of fused-ring (bicyclic) bond motifs is 7. The molecule has 2 N–H and O–H groups in total. The molecule has 58 heavy (non-hydrogen) atoms. The van der Waals surface area contributed by atoms with E-state index in [0.717, 1.165) is 95.8 Å². The van der Waals surface area contributed by atoms with E-state index in [1.54, 1.807) is 6.07 Å². The number of aliphatic hydroxyl groups is 1. The molecule has 11 rings (SSSR count). The minimum absolute atomic E-state index is 0.0650. The molecule has 0 saturated carbocycles. The predicted molar refractivity (Wildman–Crippen MR) is 240 cm³/mol. The fourth-order valence-corrected chi connectivity index (χ4v) is 9.81. The summed E-state index contributed by atoms with van der Waals surface area (Å²) in [6, 6.07) is 45.9. The Hall–Kier alpha value is -6.88. The Labute approximate surface area is 337 Å². The number of hydrogen-bond donors (Lipinski definition) is 2. The molecule has 4 atom stereocenters. The first-order valence-corrected chi connectivity index (χ1v) is 20.3. The van der Waals surface area contributed by atoms with Crippen molar-refractivity contribution in [3.05, 3.63) is 210 Å². The molecule has 0 radical (unpaired) electrons. The lowest BCUT2D eigenvalue weighted by Crippen LogP contribution is -2.35. The Bertz CT molecular complexity index is 3070. The fraction of sp³-hybridized carbons (Fsp3) is 0.111. The first-order chi connectivity index (χ1) is 28.6. The Kier molecular flexibility index (Phi) is 8.27. The molecule has 0 spiro atoms. The first-order valence-electron chi connectivity index (χ1n) is 20.3. The zero-order chi connectivity index (χ0) is 38.7. The lowest BCUT2D eigenvalue weighted by atomic mass is 9.71. The van der Waals surface area contributed by atoms with Crippen molar-refractivity contribution in [3.8, 4) is 16.9 Å². The summed E-state index contributed by atoms with van der Waals surface area (Å²) >= 11 is 0. The largest absolute Gasteiger partial charge is 0.507 e. The maximum Gasteiger partial charge on any atom is 0.124 e. The Morgan fingerprint density at radius 1 is 0.534 bits per heavy atom. The van der Waals surface area contributed by atoms with Crippen molar-refractivity contribution in [2.45, 2.75) is 30.8 Å². The van der Waals surface area contributed by atoms with E-state index in [9.17, 15) is 10.2 Å². The van der Waals surface area contributed by atoms with Gasteiger partial charge in [-0.1, -0.05) is 164 Å². The summed E-state index contributed by atoms with van der Waals surface area (Å²) in [5, 5.41) is 29.9. The quantitative estimate of drug-likeness (QED) is 0.188. The van der Waals surface area contributed by atoms with E-state index in [4.69, 9.17) is 9.98 Å². The number of aliphatic hydroxyl groups excluding tert-OH is 1. The van der Waals surface area contributed by atoms with Gasteiger partial charge in [0.15, 0.2) is 0 Å². The van der Waals surface area contributed by atoms with E-state index in [1.165, 1.54) is 11.1 Å². The molecule has 278 valence electrons. The van der Waals surface area contributed by atoms with Crippen molar-refractivity contribution >= 4 is 55.1 Å². The van der Waals surface area contributed by atoms with Gasteiger partial charge < -0.3 is 10.2 Å². The van der Waals surface area contributed by atoms with Crippen LogP contribution in [-0.4, -0.2) is 27.7 Å². The molecule has 0 aromatic heterocycles. The number of benzene rings is 7. The second-order valence-electron chi connectivity index (χ2n) is 15.7. The van der Waals surface area contributed by atoms with Crippen molar-refractivity contribution in [2.24, 2.45) is 15.9 Å². The van der Waals surface area contributed by atoms with Gasteiger partial charge in [-0.05, 0) is 85.6 Å². The van der Waals surface area contributed by atoms with Crippen LogP contribution in [0, 0.1) is 5.92 Å². The van der Waals surface area contributed by atoms with Gasteiger partial charge >= 0.3 is 0 Å². The smallest absolute Gasteiger partial charge is 0.124 e. The summed E-state index contributed by atoms with van der Waals surface area (Å²) in [5.74, 6) is -0.103. The normalized spacial score (nSPS) is 22.2. The summed E-state index contributed by atoms with van der Waals surface area (Å²) < 4.78 is 0. The molecule has 0 heterocycles. The fourth-order valence-electron chi connectivity index (χ4n) is 9.81. The van der Waals surface area contributed by atoms with Crippen LogP contribution in [0.15, 0.2) is 203 Å². The highest BCUT2D eigenvalue weighted by Crippen LogP contribution is 2.49. The third-order valence-electron chi connectivity index (χ3n) is 12.4. The molecule has 4 nitrogen and oxygen atoms in total. The molecule has 0 fully saturated rings. The van der Waals surface area contributed by atoms with Crippen LogP contribution in [0.4, 0.5) is 11.4 Å². The zero-order valence-corrected chi connectivity index (χ0v) is 31.8. The van der Waals surface area contributed by atoms with Gasteiger partial charge in [-0.25, -0.2) is 9.98 Å². The minimum Gasteiger partial charge on any atom is -0.507 e. The molecule has 0 saturated heterocycles. The van der Waals surface area contributed by atoms with Gasteiger partial charge in [0.1, 0.15) is 5.75 Å². The van der Waals surface area contributed by atoms with Crippen molar-refractivity contribution in [1.82, 2.24) is 0 Å². The van der Waals surface area contributed by atoms with Crippen LogP contribution in [-0.2, 0) is 0 Å². The maximum atomic E-state index is 11.9. The van der Waals surface area contributed by atoms with E-state index in [1.807, 2.05) is 24.3 Å². The second kappa shape index (κ2) is 13.9. The lowest BCUT2D eigenvalue weighted by Gasteiger charge is -2.35. The standard InChI is InChI=1S/C54H40N2O2/c57-47-31-27-35-15-3-7-19-39(35)51(47)49-37-17-5-1-13-33(37)25-29-45(49)55-53-43-23-11-9-21-41(43)42-22-10-12-24-44(42)54(53)56-46-30-26-34-14-2-6-18-38(34)50(46)52-40-20-8-4-16-36(40)28-32-48(52)58/h1-3,5-7,9-32,41,43,48,52,57-58H,4,8H2/t41?,43?,48-,52?/m1/s1. The van der Waals surface area contributed by atoms with Crippen LogP contribution in [0.5, 0.6) is 5.75 Å². The molecule has 4 aliphatic rings. The van der Waals surface area contributed by atoms with Gasteiger partial charge in [0, 0.05) is 34.4 Å². The number of allylic oxidation sites excluding steroid dienone is 8. The van der Waals surface area contributed by atoms with E-state index in [2.05, 4.69) is 152 Å². The molecule has 0 bridgehead atoms. The number of phenolic OH excluding ortho intramolecular Hbond substituents is 1. The summed E-state index contributed by atoms with van der Waals surface area (Å²) in [4.78, 5) is 11.5. The van der Waals surface area contributed by atoms with E-state index >= 15 is 0 Å². The number of aromatic hydroxyl groups is 1. The number of phenols is 1. The van der Waals surface area contributed by atoms with Crippen LogP contribution in [0.2, 0.25) is 0 Å². The summed E-state index contributed by atoms with van der Waals surface area (Å²) in [6.07, 6.45) is 18.6. The van der Waals surface area contributed by atoms with E-state index in [0.29, 0.717) is 0 Å². The highest BCUT2D eigenvalue weighted by Gasteiger charge is 2.38. The number of nitrogens with zero attached hydrogens (tertiary/aromatic N) is 2. The van der Waals surface area contributed by atoms with Gasteiger partial charge in [0.25, 0.3) is 0 Å². The molecule has 7 aromatic rings. The van der Waals surface area contributed by atoms with E-state index < -0.39 is 6.10 Å². The molecule has 7 aromatic carbocycles. The maximum absolute atomic E-state index is 11.9. The van der Waals surface area contributed by atoms with Crippen molar-refractivity contribution in [2.75, 3.05) is 0 Å². The third kappa shape index (κ3) is 5.55. The molecular formula is C54H40N2O2. The van der Waals surface area contributed by atoms with Crippen LogP contribution in [0.3, 0.4) is 0 Å².